The van der Waals surface area contributed by atoms with Gasteiger partial charge in [-0.2, -0.15) is 0 Å². The van der Waals surface area contributed by atoms with Crippen molar-refractivity contribution < 1.29 is 4.74 Å². The molecule has 40 valence electrons. The lowest BCUT2D eigenvalue weighted by Crippen LogP contribution is -1.84. The maximum atomic E-state index is 4.72. The smallest absolute Gasteiger partial charge is 0.221 e. The summed E-state index contributed by atoms with van der Waals surface area (Å²) in [6.45, 7) is 0. The molecule has 0 atom stereocenters. The fraction of sp³-hybridized carbons (Fsp3) is 0.167. The summed E-state index contributed by atoms with van der Waals surface area (Å²) in [5, 5.41) is 0. The molecule has 0 fully saturated rings. The molecule has 0 aliphatic heterocycles. The van der Waals surface area contributed by atoms with Gasteiger partial charge in [0.15, 0.2) is 0 Å². The lowest BCUT2D eigenvalue weighted by atomic mass is 10.5. The third-order valence-corrected chi connectivity index (χ3v) is 0.724. The maximum Gasteiger partial charge on any atom is 0.221 e. The van der Waals surface area contributed by atoms with Gasteiger partial charge in [-0.25, -0.2) is 4.98 Å². The molecule has 1 heterocycles. The largest absolute Gasteiger partial charge is 0.481 e. The van der Waals surface area contributed by atoms with Gasteiger partial charge in [-0.05, 0) is 12.1 Å². The molecule has 0 unspecified atom stereocenters. The summed E-state index contributed by atoms with van der Waals surface area (Å²) < 4.78 is 4.72. The molecule has 0 aliphatic rings. The number of pyridine rings is 1. The van der Waals surface area contributed by atoms with Crippen LogP contribution < -0.4 is 4.74 Å². The molecule has 1 aromatic rings. The Morgan fingerprint density at radius 3 is 2.88 bits per heavy atom. The van der Waals surface area contributed by atoms with Gasteiger partial charge in [0.1, 0.15) is 0 Å². The minimum atomic E-state index is 0.479. The van der Waals surface area contributed by atoms with E-state index in [9.17, 15) is 0 Å². The molecule has 2 radical (unpaired) electrons. The van der Waals surface area contributed by atoms with E-state index >= 15 is 0 Å². The van der Waals surface area contributed by atoms with Crippen LogP contribution in [0.4, 0.5) is 0 Å². The molecule has 1 rings (SSSR count). The van der Waals surface area contributed by atoms with Crippen molar-refractivity contribution in [3.63, 3.8) is 0 Å². The number of nitrogens with zero attached hydrogens (tertiary/aromatic N) is 1. The summed E-state index contributed by atoms with van der Waals surface area (Å²) in [7, 11) is 1.55. The van der Waals surface area contributed by atoms with Crippen LogP contribution >= 0.6 is 0 Å². The normalized spacial score (nSPS) is 8.62. The number of ether oxygens (including phenoxy) is 1. The Balaban J connectivity index is 2.83. The van der Waals surface area contributed by atoms with Crippen molar-refractivity contribution >= 4 is 0 Å². The second kappa shape index (κ2) is 2.31. The Hall–Kier alpha value is -1.05. The predicted octanol–water partition coefficient (Wildman–Crippen LogP) is 0.691. The number of methoxy groups -OCH3 is 1. The fourth-order valence-corrected chi connectivity index (χ4v) is 0.383. The average molecular weight is 107 g/mol. The van der Waals surface area contributed by atoms with Crippen LogP contribution in [0, 0.1) is 12.3 Å². The standard InChI is InChI=1S/C6H5NO/c1-8-6-4-2-3-5-7-6/h2-3H,1H3. The van der Waals surface area contributed by atoms with E-state index in [4.69, 9.17) is 4.74 Å². The van der Waals surface area contributed by atoms with Gasteiger partial charge in [0.05, 0.1) is 13.3 Å². The van der Waals surface area contributed by atoms with E-state index in [-0.39, 0.29) is 0 Å². The van der Waals surface area contributed by atoms with Crippen LogP contribution in [0.15, 0.2) is 12.1 Å². The van der Waals surface area contributed by atoms with Crippen molar-refractivity contribution in [1.82, 2.24) is 4.98 Å². The van der Waals surface area contributed by atoms with Crippen molar-refractivity contribution in [3.05, 3.63) is 24.4 Å². The summed E-state index contributed by atoms with van der Waals surface area (Å²) in [4.78, 5) is 3.69. The molecule has 0 saturated carbocycles. The quantitative estimate of drug-likeness (QED) is 0.526. The van der Waals surface area contributed by atoms with Crippen molar-refractivity contribution in [2.75, 3.05) is 7.11 Å². The first kappa shape index (κ1) is 5.09. The van der Waals surface area contributed by atoms with Gasteiger partial charge in [0, 0.05) is 6.07 Å². The van der Waals surface area contributed by atoms with Crippen LogP contribution in [0.1, 0.15) is 0 Å². The average Bonchev–Trinajstić information content (AvgIpc) is 1.90. The molecule has 0 aliphatic carbocycles. The SMILES string of the molecule is COc1[c]cc[c]n1. The second-order valence-electron chi connectivity index (χ2n) is 1.23. The van der Waals surface area contributed by atoms with E-state index in [1.807, 2.05) is 0 Å². The van der Waals surface area contributed by atoms with Crippen molar-refractivity contribution in [3.8, 4) is 5.88 Å². The molecule has 2 heteroatoms. The number of rotatable bonds is 1. The molecular formula is C6H5NO. The lowest BCUT2D eigenvalue weighted by Gasteiger charge is -1.91. The highest BCUT2D eigenvalue weighted by Crippen LogP contribution is 1.97. The van der Waals surface area contributed by atoms with Gasteiger partial charge in [-0.15, -0.1) is 0 Å². The van der Waals surface area contributed by atoms with E-state index in [1.165, 1.54) is 0 Å². The van der Waals surface area contributed by atoms with Crippen LogP contribution in [0.3, 0.4) is 0 Å². The first-order valence-electron chi connectivity index (χ1n) is 2.22. The van der Waals surface area contributed by atoms with Gasteiger partial charge >= 0.3 is 0 Å². The van der Waals surface area contributed by atoms with E-state index in [0.29, 0.717) is 5.88 Å². The highest BCUT2D eigenvalue weighted by Gasteiger charge is 1.83. The molecular weight excluding hydrogens is 102 g/mol. The van der Waals surface area contributed by atoms with Gasteiger partial charge in [0.2, 0.25) is 5.88 Å². The minimum Gasteiger partial charge on any atom is -0.481 e. The van der Waals surface area contributed by atoms with Gasteiger partial charge in [-0.3, -0.25) is 0 Å². The molecule has 8 heavy (non-hydrogen) atoms. The van der Waals surface area contributed by atoms with E-state index in [0.717, 1.165) is 0 Å². The lowest BCUT2D eigenvalue weighted by molar-refractivity contribution is 0.396. The van der Waals surface area contributed by atoms with Crippen LogP contribution in [-0.2, 0) is 0 Å². The topological polar surface area (TPSA) is 22.1 Å². The van der Waals surface area contributed by atoms with Crippen molar-refractivity contribution in [1.29, 1.82) is 0 Å². The van der Waals surface area contributed by atoms with Crippen LogP contribution in [0.5, 0.6) is 5.88 Å². The highest BCUT2D eigenvalue weighted by molar-refractivity contribution is 5.05. The summed E-state index contributed by atoms with van der Waals surface area (Å²) in [5.74, 6) is 0.479. The summed E-state index contributed by atoms with van der Waals surface area (Å²) >= 11 is 0. The van der Waals surface area contributed by atoms with Gasteiger partial charge < -0.3 is 4.74 Å². The zero-order valence-corrected chi connectivity index (χ0v) is 4.51. The Labute approximate surface area is 48.1 Å². The van der Waals surface area contributed by atoms with Crippen molar-refractivity contribution in [2.45, 2.75) is 0 Å². The Kier molecular flexibility index (Phi) is 1.47. The summed E-state index contributed by atoms with van der Waals surface area (Å²) in [5.41, 5.74) is 0. The number of hydrogen-bond donors (Lipinski definition) is 0. The van der Waals surface area contributed by atoms with Crippen LogP contribution in [0.2, 0.25) is 0 Å². The monoisotopic (exact) mass is 107 g/mol. The third kappa shape index (κ3) is 0.964. The van der Waals surface area contributed by atoms with Crippen LogP contribution in [-0.4, -0.2) is 12.1 Å². The second-order valence-corrected chi connectivity index (χ2v) is 1.23. The Morgan fingerprint density at radius 1 is 1.62 bits per heavy atom. The fourth-order valence-electron chi connectivity index (χ4n) is 0.383. The minimum absolute atomic E-state index is 0.479. The van der Waals surface area contributed by atoms with E-state index in [2.05, 4.69) is 17.2 Å². The number of aromatic nitrogens is 1. The molecule has 0 saturated heterocycles. The van der Waals surface area contributed by atoms with E-state index < -0.39 is 0 Å². The van der Waals surface area contributed by atoms with E-state index in [1.54, 1.807) is 19.2 Å². The maximum absolute atomic E-state index is 4.72. The molecule has 0 spiro atoms. The third-order valence-electron chi connectivity index (χ3n) is 0.724. The first-order valence-corrected chi connectivity index (χ1v) is 2.22. The molecule has 0 bridgehead atoms. The Bertz CT molecular complexity index is 150. The highest BCUT2D eigenvalue weighted by atomic mass is 16.5. The zero-order valence-electron chi connectivity index (χ0n) is 4.51. The molecule has 2 nitrogen and oxygen atoms in total. The first-order chi connectivity index (χ1) is 3.93. The molecule has 0 aromatic carbocycles. The summed E-state index contributed by atoms with van der Waals surface area (Å²) in [6.07, 6.45) is 2.61. The molecule has 0 N–H and O–H groups in total. The molecule has 1 aromatic heterocycles. The zero-order chi connectivity index (χ0) is 5.82. The Morgan fingerprint density at radius 2 is 2.50 bits per heavy atom. The number of hydrogen-bond acceptors (Lipinski definition) is 2. The van der Waals surface area contributed by atoms with Crippen LogP contribution in [0.25, 0.3) is 0 Å². The molecule has 0 amide bonds. The predicted molar refractivity (Wildman–Crippen MR) is 28.5 cm³/mol. The van der Waals surface area contributed by atoms with Gasteiger partial charge in [-0.1, -0.05) is 0 Å². The van der Waals surface area contributed by atoms with Gasteiger partial charge in [0.25, 0.3) is 0 Å². The summed E-state index contributed by atoms with van der Waals surface area (Å²) in [6, 6.07) is 6.12. The van der Waals surface area contributed by atoms with Crippen molar-refractivity contribution in [2.24, 2.45) is 0 Å².